The highest BCUT2D eigenvalue weighted by Gasteiger charge is 2.33. The molecule has 0 saturated carbocycles. The summed E-state index contributed by atoms with van der Waals surface area (Å²) in [7, 11) is 0. The van der Waals surface area contributed by atoms with E-state index in [4.69, 9.17) is 10.8 Å². The minimum Gasteiger partial charge on any atom is -0.479 e. The first-order valence-corrected chi connectivity index (χ1v) is 4.22. The minimum absolute atomic E-state index is 0.216. The van der Waals surface area contributed by atoms with E-state index in [9.17, 15) is 9.90 Å². The molecule has 1 atom stereocenters. The van der Waals surface area contributed by atoms with Crippen LogP contribution in [0.25, 0.3) is 0 Å². The third-order valence-corrected chi connectivity index (χ3v) is 1.93. The fourth-order valence-corrected chi connectivity index (χ4v) is 0.964. The van der Waals surface area contributed by atoms with Gasteiger partial charge < -0.3 is 15.9 Å². The van der Waals surface area contributed by atoms with Gasteiger partial charge in [-0.2, -0.15) is 0 Å². The summed E-state index contributed by atoms with van der Waals surface area (Å²) in [5.74, 6) is -1.22. The van der Waals surface area contributed by atoms with Crippen LogP contribution in [0, 0.1) is 0 Å². The topological polar surface area (TPSA) is 83.5 Å². The van der Waals surface area contributed by atoms with Crippen molar-refractivity contribution in [2.24, 2.45) is 5.73 Å². The molecule has 0 aliphatic rings. The number of unbranched alkanes of at least 4 members (excludes halogenated alkanes) is 2. The molecule has 0 heterocycles. The monoisotopic (exact) mass is 175 g/mol. The molecule has 0 aliphatic heterocycles. The second-order valence-corrected chi connectivity index (χ2v) is 3.00. The summed E-state index contributed by atoms with van der Waals surface area (Å²) in [6, 6.07) is 0. The predicted molar refractivity (Wildman–Crippen MR) is 45.8 cm³/mol. The first kappa shape index (κ1) is 11.4. The molecule has 0 aromatic heterocycles. The van der Waals surface area contributed by atoms with Crippen LogP contribution in [0.3, 0.4) is 0 Å². The third-order valence-electron chi connectivity index (χ3n) is 1.93. The lowest BCUT2D eigenvalue weighted by atomic mass is 9.96. The number of carbonyl (C=O) groups is 1. The van der Waals surface area contributed by atoms with Gasteiger partial charge in [-0.25, -0.2) is 4.79 Å². The summed E-state index contributed by atoms with van der Waals surface area (Å²) in [6.45, 7) is 1.80. The zero-order valence-electron chi connectivity index (χ0n) is 7.42. The highest BCUT2D eigenvalue weighted by Crippen LogP contribution is 2.13. The number of nitrogens with two attached hydrogens (primary N) is 1. The third kappa shape index (κ3) is 3.19. The number of hydrogen-bond acceptors (Lipinski definition) is 3. The lowest BCUT2D eigenvalue weighted by molar-refractivity contribution is -0.158. The molecule has 72 valence electrons. The van der Waals surface area contributed by atoms with Crippen molar-refractivity contribution in [1.82, 2.24) is 0 Å². The van der Waals surface area contributed by atoms with Crippen molar-refractivity contribution in [2.45, 2.75) is 38.2 Å². The van der Waals surface area contributed by atoms with Gasteiger partial charge in [0.25, 0.3) is 0 Å². The SMILES string of the molecule is CCCCCC(O)(CN)C(=O)O. The molecule has 0 amide bonds. The van der Waals surface area contributed by atoms with E-state index in [0.29, 0.717) is 6.42 Å². The number of aliphatic carboxylic acids is 1. The molecule has 0 aliphatic carbocycles. The molecule has 12 heavy (non-hydrogen) atoms. The van der Waals surface area contributed by atoms with Crippen LogP contribution in [0.1, 0.15) is 32.6 Å². The van der Waals surface area contributed by atoms with Crippen molar-refractivity contribution in [3.8, 4) is 0 Å². The second-order valence-electron chi connectivity index (χ2n) is 3.00. The molecule has 4 nitrogen and oxygen atoms in total. The van der Waals surface area contributed by atoms with Gasteiger partial charge in [0.05, 0.1) is 0 Å². The van der Waals surface area contributed by atoms with Crippen molar-refractivity contribution in [2.75, 3.05) is 6.54 Å². The fourth-order valence-electron chi connectivity index (χ4n) is 0.964. The maximum absolute atomic E-state index is 10.5. The molecule has 4 N–H and O–H groups in total. The van der Waals surface area contributed by atoms with Crippen molar-refractivity contribution >= 4 is 5.97 Å². The van der Waals surface area contributed by atoms with E-state index in [1.54, 1.807) is 0 Å². The number of carboxylic acids is 1. The van der Waals surface area contributed by atoms with Crippen LogP contribution in [0.5, 0.6) is 0 Å². The highest BCUT2D eigenvalue weighted by atomic mass is 16.4. The Bertz CT molecular complexity index is 149. The summed E-state index contributed by atoms with van der Waals surface area (Å²) in [6.07, 6.45) is 2.87. The number of hydrogen-bond donors (Lipinski definition) is 3. The maximum atomic E-state index is 10.5. The molecule has 0 aromatic carbocycles. The van der Waals surface area contributed by atoms with Gasteiger partial charge in [0, 0.05) is 6.54 Å². The molecule has 0 bridgehead atoms. The van der Waals surface area contributed by atoms with Gasteiger partial charge in [-0.1, -0.05) is 19.8 Å². The Hall–Kier alpha value is -0.610. The van der Waals surface area contributed by atoms with E-state index in [2.05, 4.69) is 0 Å². The van der Waals surface area contributed by atoms with Crippen LogP contribution in [-0.4, -0.2) is 28.3 Å². The molecule has 0 spiro atoms. The Kier molecular flexibility index (Phi) is 4.85. The average Bonchev–Trinajstić information content (AvgIpc) is 2.04. The predicted octanol–water partition coefficient (Wildman–Crippen LogP) is 0.341. The molecule has 0 radical (unpaired) electrons. The molecule has 0 aromatic rings. The second kappa shape index (κ2) is 5.11. The normalized spacial score (nSPS) is 15.6. The average molecular weight is 175 g/mol. The summed E-state index contributed by atoms with van der Waals surface area (Å²) in [5, 5.41) is 18.0. The van der Waals surface area contributed by atoms with Crippen LogP contribution in [-0.2, 0) is 4.79 Å². The smallest absolute Gasteiger partial charge is 0.337 e. The first-order valence-electron chi connectivity index (χ1n) is 4.22. The van der Waals surface area contributed by atoms with Crippen LogP contribution in [0.15, 0.2) is 0 Å². The number of rotatable bonds is 6. The minimum atomic E-state index is -1.71. The van der Waals surface area contributed by atoms with Gasteiger partial charge in [0.15, 0.2) is 5.60 Å². The Morgan fingerprint density at radius 1 is 1.50 bits per heavy atom. The van der Waals surface area contributed by atoms with Gasteiger partial charge in [-0.15, -0.1) is 0 Å². The standard InChI is InChI=1S/C8H17NO3/c1-2-3-4-5-8(12,6-9)7(10)11/h12H,2-6,9H2,1H3,(H,10,11). The summed E-state index contributed by atoms with van der Waals surface area (Å²) in [5.41, 5.74) is 3.45. The van der Waals surface area contributed by atoms with Gasteiger partial charge in [0.2, 0.25) is 0 Å². The van der Waals surface area contributed by atoms with E-state index in [-0.39, 0.29) is 13.0 Å². The zero-order chi connectivity index (χ0) is 9.61. The lowest BCUT2D eigenvalue weighted by Gasteiger charge is -2.20. The highest BCUT2D eigenvalue weighted by molar-refractivity contribution is 5.77. The summed E-state index contributed by atoms with van der Waals surface area (Å²) >= 11 is 0. The van der Waals surface area contributed by atoms with E-state index in [1.807, 2.05) is 6.92 Å². The molecule has 0 fully saturated rings. The Labute approximate surface area is 72.4 Å². The molecule has 0 rings (SSSR count). The van der Waals surface area contributed by atoms with E-state index < -0.39 is 11.6 Å². The van der Waals surface area contributed by atoms with E-state index >= 15 is 0 Å². The van der Waals surface area contributed by atoms with Crippen LogP contribution < -0.4 is 5.73 Å². The van der Waals surface area contributed by atoms with Gasteiger partial charge >= 0.3 is 5.97 Å². The molecule has 1 unspecified atom stereocenters. The molecular weight excluding hydrogens is 158 g/mol. The van der Waals surface area contributed by atoms with Crippen LogP contribution >= 0.6 is 0 Å². The van der Waals surface area contributed by atoms with Crippen molar-refractivity contribution in [3.63, 3.8) is 0 Å². The molecule has 0 saturated heterocycles. The van der Waals surface area contributed by atoms with Crippen LogP contribution in [0.2, 0.25) is 0 Å². The molecule has 4 heteroatoms. The van der Waals surface area contributed by atoms with Crippen LogP contribution in [0.4, 0.5) is 0 Å². The molecular formula is C8H17NO3. The van der Waals surface area contributed by atoms with Crippen molar-refractivity contribution in [3.05, 3.63) is 0 Å². The maximum Gasteiger partial charge on any atom is 0.337 e. The van der Waals surface area contributed by atoms with Crippen molar-refractivity contribution in [1.29, 1.82) is 0 Å². The van der Waals surface area contributed by atoms with E-state index in [1.165, 1.54) is 0 Å². The number of carboxylic acid groups (broad SMARTS) is 1. The largest absolute Gasteiger partial charge is 0.479 e. The van der Waals surface area contributed by atoms with Gasteiger partial charge in [-0.3, -0.25) is 0 Å². The first-order chi connectivity index (χ1) is 5.56. The Morgan fingerprint density at radius 3 is 2.42 bits per heavy atom. The van der Waals surface area contributed by atoms with Gasteiger partial charge in [-0.05, 0) is 12.8 Å². The van der Waals surface area contributed by atoms with Gasteiger partial charge in [0.1, 0.15) is 0 Å². The quantitative estimate of drug-likeness (QED) is 0.508. The summed E-state index contributed by atoms with van der Waals surface area (Å²) < 4.78 is 0. The van der Waals surface area contributed by atoms with Crippen molar-refractivity contribution < 1.29 is 15.0 Å². The Morgan fingerprint density at radius 2 is 2.08 bits per heavy atom. The lowest BCUT2D eigenvalue weighted by Crippen LogP contribution is -2.45. The summed E-state index contributed by atoms with van der Waals surface area (Å²) in [4.78, 5) is 10.5. The number of aliphatic hydroxyl groups is 1. The fraction of sp³-hybridized carbons (Fsp3) is 0.875. The van der Waals surface area contributed by atoms with E-state index in [0.717, 1.165) is 12.8 Å². The Balaban J connectivity index is 3.88. The zero-order valence-corrected chi connectivity index (χ0v) is 7.42.